The highest BCUT2D eigenvalue weighted by molar-refractivity contribution is 8.01. The smallest absolute Gasteiger partial charge is 0.154 e. The van der Waals surface area contributed by atoms with Crippen LogP contribution in [0.1, 0.15) is 5.69 Å². The van der Waals surface area contributed by atoms with E-state index in [-0.39, 0.29) is 0 Å². The summed E-state index contributed by atoms with van der Waals surface area (Å²) < 4.78 is 1.03. The molecule has 72 valence electrons. The third-order valence-corrected chi connectivity index (χ3v) is 3.75. The summed E-state index contributed by atoms with van der Waals surface area (Å²) in [7, 11) is 0. The van der Waals surface area contributed by atoms with Gasteiger partial charge in [0.05, 0.1) is 0 Å². The summed E-state index contributed by atoms with van der Waals surface area (Å²) in [6.07, 6.45) is 1.70. The summed E-state index contributed by atoms with van der Waals surface area (Å²) in [6.45, 7) is 1.99. The second kappa shape index (κ2) is 4.29. The quantitative estimate of drug-likeness (QED) is 0.752. The van der Waals surface area contributed by atoms with Crippen molar-refractivity contribution in [2.24, 2.45) is 0 Å². The molecule has 0 amide bonds. The Morgan fingerprint density at radius 3 is 3.00 bits per heavy atom. The molecule has 0 atom stereocenters. The fraction of sp³-hybridized carbons (Fsp3) is 0.111. The first-order valence-corrected chi connectivity index (χ1v) is 6.03. The van der Waals surface area contributed by atoms with Gasteiger partial charge in [0, 0.05) is 22.2 Å². The molecule has 0 N–H and O–H groups in total. The monoisotopic (exact) mass is 242 g/mol. The van der Waals surface area contributed by atoms with E-state index in [9.17, 15) is 0 Å². The lowest BCUT2D eigenvalue weighted by Gasteiger charge is -1.96. The van der Waals surface area contributed by atoms with Gasteiger partial charge in [0.2, 0.25) is 0 Å². The molecule has 0 aromatic carbocycles. The van der Waals surface area contributed by atoms with Crippen LogP contribution in [0.3, 0.4) is 0 Å². The van der Waals surface area contributed by atoms with Crippen LogP contribution in [0.25, 0.3) is 0 Å². The SMILES string of the molecule is Cc1csc(Sc2ccnc(Cl)c2)n1. The molecule has 0 aliphatic carbocycles. The second-order valence-electron chi connectivity index (χ2n) is 2.67. The van der Waals surface area contributed by atoms with Crippen LogP contribution in [0.5, 0.6) is 0 Å². The lowest BCUT2D eigenvalue weighted by molar-refractivity contribution is 1.16. The molecular formula is C9H7ClN2S2. The van der Waals surface area contributed by atoms with E-state index in [0.29, 0.717) is 5.15 Å². The standard InChI is InChI=1S/C9H7ClN2S2/c1-6-5-13-9(12-6)14-7-2-3-11-8(10)4-7/h2-5H,1H3. The molecule has 2 nitrogen and oxygen atoms in total. The van der Waals surface area contributed by atoms with Crippen molar-refractivity contribution in [2.45, 2.75) is 16.2 Å². The first-order chi connectivity index (χ1) is 6.74. The Bertz CT molecular complexity index is 442. The largest absolute Gasteiger partial charge is 0.244 e. The molecule has 2 aromatic rings. The number of hydrogen-bond donors (Lipinski definition) is 0. The van der Waals surface area contributed by atoms with Gasteiger partial charge in [0.25, 0.3) is 0 Å². The van der Waals surface area contributed by atoms with Gasteiger partial charge in [-0.05, 0) is 19.1 Å². The highest BCUT2D eigenvalue weighted by Gasteiger charge is 2.02. The van der Waals surface area contributed by atoms with E-state index in [0.717, 1.165) is 14.9 Å². The fourth-order valence-electron chi connectivity index (χ4n) is 0.928. The van der Waals surface area contributed by atoms with Crippen LogP contribution in [0.15, 0.2) is 32.9 Å². The van der Waals surface area contributed by atoms with Crippen molar-refractivity contribution in [3.63, 3.8) is 0 Å². The molecule has 0 spiro atoms. The van der Waals surface area contributed by atoms with Crippen molar-refractivity contribution < 1.29 is 0 Å². The first kappa shape index (κ1) is 9.96. The minimum atomic E-state index is 0.517. The number of rotatable bonds is 2. The Labute approximate surface area is 95.4 Å². The Morgan fingerprint density at radius 2 is 2.36 bits per heavy atom. The van der Waals surface area contributed by atoms with Crippen molar-refractivity contribution in [1.82, 2.24) is 9.97 Å². The van der Waals surface area contributed by atoms with Crippen molar-refractivity contribution in [3.8, 4) is 0 Å². The zero-order chi connectivity index (χ0) is 9.97. The number of hydrogen-bond acceptors (Lipinski definition) is 4. The molecule has 2 rings (SSSR count). The van der Waals surface area contributed by atoms with Crippen LogP contribution >= 0.6 is 34.7 Å². The lowest BCUT2D eigenvalue weighted by atomic mass is 10.5. The zero-order valence-electron chi connectivity index (χ0n) is 7.40. The lowest BCUT2D eigenvalue weighted by Crippen LogP contribution is -1.76. The van der Waals surface area contributed by atoms with Crippen molar-refractivity contribution >= 4 is 34.7 Å². The van der Waals surface area contributed by atoms with Gasteiger partial charge in [-0.25, -0.2) is 9.97 Å². The zero-order valence-corrected chi connectivity index (χ0v) is 9.79. The fourth-order valence-corrected chi connectivity index (χ4v) is 3.00. The molecule has 0 unspecified atom stereocenters. The van der Waals surface area contributed by atoms with E-state index in [1.54, 1.807) is 29.3 Å². The van der Waals surface area contributed by atoms with Gasteiger partial charge in [-0.2, -0.15) is 0 Å². The topological polar surface area (TPSA) is 25.8 Å². The van der Waals surface area contributed by atoms with E-state index in [1.165, 1.54) is 0 Å². The minimum absolute atomic E-state index is 0.517. The van der Waals surface area contributed by atoms with Gasteiger partial charge >= 0.3 is 0 Å². The van der Waals surface area contributed by atoms with Gasteiger partial charge in [0.1, 0.15) is 5.15 Å². The molecule has 0 saturated carbocycles. The summed E-state index contributed by atoms with van der Waals surface area (Å²) in [5.41, 5.74) is 1.05. The van der Waals surface area contributed by atoms with Crippen LogP contribution in [-0.2, 0) is 0 Å². The van der Waals surface area contributed by atoms with Crippen molar-refractivity contribution in [3.05, 3.63) is 34.6 Å². The van der Waals surface area contributed by atoms with Crippen LogP contribution < -0.4 is 0 Å². The number of pyridine rings is 1. The van der Waals surface area contributed by atoms with Gasteiger partial charge in [0.15, 0.2) is 4.34 Å². The van der Waals surface area contributed by atoms with Crippen molar-refractivity contribution in [2.75, 3.05) is 0 Å². The van der Waals surface area contributed by atoms with E-state index in [1.807, 2.05) is 24.4 Å². The van der Waals surface area contributed by atoms with Crippen LogP contribution in [0.4, 0.5) is 0 Å². The highest BCUT2D eigenvalue weighted by Crippen LogP contribution is 2.30. The summed E-state index contributed by atoms with van der Waals surface area (Å²) in [5.74, 6) is 0. The van der Waals surface area contributed by atoms with Crippen LogP contribution in [0.2, 0.25) is 5.15 Å². The molecule has 5 heteroatoms. The van der Waals surface area contributed by atoms with Gasteiger partial charge in [-0.15, -0.1) is 11.3 Å². The average molecular weight is 243 g/mol. The van der Waals surface area contributed by atoms with E-state index < -0.39 is 0 Å². The number of halogens is 1. The second-order valence-corrected chi connectivity index (χ2v) is 5.24. The predicted molar refractivity (Wildman–Crippen MR) is 60.2 cm³/mol. The minimum Gasteiger partial charge on any atom is -0.244 e. The normalized spacial score (nSPS) is 10.4. The Kier molecular flexibility index (Phi) is 3.05. The Morgan fingerprint density at radius 1 is 1.50 bits per heavy atom. The van der Waals surface area contributed by atoms with Crippen molar-refractivity contribution in [1.29, 1.82) is 0 Å². The maximum absolute atomic E-state index is 5.77. The molecular weight excluding hydrogens is 236 g/mol. The molecule has 14 heavy (non-hydrogen) atoms. The molecule has 2 heterocycles. The third-order valence-electron chi connectivity index (χ3n) is 1.50. The van der Waals surface area contributed by atoms with E-state index in [4.69, 9.17) is 11.6 Å². The van der Waals surface area contributed by atoms with Crippen LogP contribution in [0, 0.1) is 6.92 Å². The highest BCUT2D eigenvalue weighted by atomic mass is 35.5. The summed E-state index contributed by atoms with van der Waals surface area (Å²) in [6, 6.07) is 3.76. The molecule has 0 radical (unpaired) electrons. The van der Waals surface area contributed by atoms with Gasteiger partial charge in [-0.1, -0.05) is 23.4 Å². The average Bonchev–Trinajstić information content (AvgIpc) is 2.51. The number of thiazole rings is 1. The number of aromatic nitrogens is 2. The van der Waals surface area contributed by atoms with Gasteiger partial charge in [-0.3, -0.25) is 0 Å². The summed E-state index contributed by atoms with van der Waals surface area (Å²) in [4.78, 5) is 9.34. The summed E-state index contributed by atoms with van der Waals surface area (Å²) in [5, 5.41) is 2.55. The number of aryl methyl sites for hydroxylation is 1. The van der Waals surface area contributed by atoms with Crippen LogP contribution in [-0.4, -0.2) is 9.97 Å². The Hall–Kier alpha value is -0.580. The third kappa shape index (κ3) is 2.47. The van der Waals surface area contributed by atoms with Gasteiger partial charge < -0.3 is 0 Å². The maximum Gasteiger partial charge on any atom is 0.154 e. The van der Waals surface area contributed by atoms with E-state index >= 15 is 0 Å². The number of nitrogens with zero attached hydrogens (tertiary/aromatic N) is 2. The summed E-state index contributed by atoms with van der Waals surface area (Å²) >= 11 is 9.02. The molecule has 0 aliphatic rings. The first-order valence-electron chi connectivity index (χ1n) is 3.95. The Balaban J connectivity index is 2.18. The molecule has 0 fully saturated rings. The molecule has 0 saturated heterocycles. The maximum atomic E-state index is 5.77. The van der Waals surface area contributed by atoms with E-state index in [2.05, 4.69) is 9.97 Å². The molecule has 0 bridgehead atoms. The molecule has 0 aliphatic heterocycles. The molecule has 2 aromatic heterocycles. The predicted octanol–water partition coefficient (Wildman–Crippen LogP) is 3.65.